The number of hydrogen-bond acceptors (Lipinski definition) is 4. The minimum Gasteiger partial charge on any atom is -0.865 e. The molecule has 0 N–H and O–H groups in total. The maximum Gasteiger partial charge on any atom is 0.397 e. The first kappa shape index (κ1) is 7.43. The second-order valence-corrected chi connectivity index (χ2v) is 2.44. The fourth-order valence-electron chi connectivity index (χ4n) is 1.06. The molecule has 2 aromatic rings. The van der Waals surface area contributed by atoms with E-state index >= 15 is 0 Å². The van der Waals surface area contributed by atoms with Crippen LogP contribution in [0.2, 0.25) is 0 Å². The van der Waals surface area contributed by atoms with E-state index in [-0.39, 0.29) is 11.2 Å². The minimum absolute atomic E-state index is 0.0915. The van der Waals surface area contributed by atoms with E-state index < -0.39 is 5.75 Å². The molecule has 0 radical (unpaired) electrons. The van der Waals surface area contributed by atoms with Gasteiger partial charge < -0.3 is 5.11 Å². The number of pyridine rings is 2. The zero-order chi connectivity index (χ0) is 9.26. The van der Waals surface area contributed by atoms with Crippen molar-refractivity contribution < 1.29 is 5.11 Å². The molecule has 5 nitrogen and oxygen atoms in total. The van der Waals surface area contributed by atoms with Gasteiger partial charge in [-0.1, -0.05) is 0 Å². The molecule has 0 aliphatic heterocycles. The fourth-order valence-corrected chi connectivity index (χ4v) is 1.06. The van der Waals surface area contributed by atoms with Crippen LogP contribution in [0.1, 0.15) is 0 Å². The summed E-state index contributed by atoms with van der Waals surface area (Å²) in [6.07, 6.45) is 2.71. The first-order valence-electron chi connectivity index (χ1n) is 3.59. The van der Waals surface area contributed by atoms with E-state index in [1.165, 1.54) is 12.4 Å². The van der Waals surface area contributed by atoms with Crippen molar-refractivity contribution in [1.82, 2.24) is 9.97 Å². The van der Waals surface area contributed by atoms with Crippen molar-refractivity contribution in [2.45, 2.75) is 0 Å². The summed E-state index contributed by atoms with van der Waals surface area (Å²) in [6.45, 7) is 0. The van der Waals surface area contributed by atoms with Crippen LogP contribution < -0.4 is 5.11 Å². The number of hydrogen-bond donors (Lipinski definition) is 0. The van der Waals surface area contributed by atoms with Crippen LogP contribution in [-0.4, -0.2) is 9.97 Å². The van der Waals surface area contributed by atoms with Gasteiger partial charge in [-0.25, -0.2) is 4.98 Å². The van der Waals surface area contributed by atoms with Gasteiger partial charge in [0.2, 0.25) is 5.39 Å². The molecule has 5 heteroatoms. The molecule has 2 rings (SSSR count). The Morgan fingerprint density at radius 2 is 2.23 bits per heavy atom. The highest BCUT2D eigenvalue weighted by atomic mass is 16.3. The van der Waals surface area contributed by atoms with Gasteiger partial charge in [0.1, 0.15) is 6.20 Å². The Labute approximate surface area is 73.3 Å². The molecule has 0 amide bonds. The Morgan fingerprint density at radius 3 is 3.00 bits per heavy atom. The van der Waals surface area contributed by atoms with Gasteiger partial charge in [-0.3, -0.25) is 4.98 Å². The number of fused-ring (bicyclic) bond motifs is 1. The van der Waals surface area contributed by atoms with Gasteiger partial charge in [-0.2, -0.15) is 0 Å². The van der Waals surface area contributed by atoms with Crippen LogP contribution in [-0.2, 0) is 0 Å². The van der Waals surface area contributed by atoms with Gasteiger partial charge >= 0.3 is 5.69 Å². The summed E-state index contributed by atoms with van der Waals surface area (Å²) in [4.78, 5) is 10.5. The van der Waals surface area contributed by atoms with E-state index in [0.29, 0.717) is 5.52 Å². The van der Waals surface area contributed by atoms with Crippen LogP contribution >= 0.6 is 0 Å². The number of nitrogens with zero attached hydrogens (tertiary/aromatic N) is 4. The number of diazo groups is 1. The second kappa shape index (κ2) is 2.68. The predicted octanol–water partition coefficient (Wildman–Crippen LogP) is 1.19. The molecular formula is C8H4N4O. The standard InChI is InChI=1S/C8H4N4O/c9-12-6-4-11-5-2-1-3-10-7(5)8(6)13/h1-4H. The highest BCUT2D eigenvalue weighted by Gasteiger charge is 2.09. The lowest BCUT2D eigenvalue weighted by molar-refractivity contribution is -0.264. The van der Waals surface area contributed by atoms with Crippen molar-refractivity contribution in [1.29, 1.82) is 5.39 Å². The maximum atomic E-state index is 11.4. The van der Waals surface area contributed by atoms with Gasteiger partial charge in [0.25, 0.3) is 0 Å². The smallest absolute Gasteiger partial charge is 0.397 e. The average Bonchev–Trinajstić information content (AvgIpc) is 2.19. The molecule has 0 unspecified atom stereocenters. The molecule has 0 bridgehead atoms. The lowest BCUT2D eigenvalue weighted by Crippen LogP contribution is -1.94. The Morgan fingerprint density at radius 1 is 1.38 bits per heavy atom. The van der Waals surface area contributed by atoms with Crippen molar-refractivity contribution in [2.75, 3.05) is 0 Å². The van der Waals surface area contributed by atoms with Crippen LogP contribution in [0.25, 0.3) is 16.0 Å². The average molecular weight is 172 g/mol. The maximum absolute atomic E-state index is 11.4. The van der Waals surface area contributed by atoms with Crippen molar-refractivity contribution in [3.63, 3.8) is 0 Å². The summed E-state index contributed by atoms with van der Waals surface area (Å²) in [6, 6.07) is 3.36. The molecule has 0 atom stereocenters. The molecule has 13 heavy (non-hydrogen) atoms. The van der Waals surface area contributed by atoms with Crippen molar-refractivity contribution >= 4 is 16.7 Å². The predicted molar refractivity (Wildman–Crippen MR) is 43.7 cm³/mol. The van der Waals surface area contributed by atoms with Gasteiger partial charge in [-0.05, 0) is 12.1 Å². The zero-order valence-corrected chi connectivity index (χ0v) is 6.51. The van der Waals surface area contributed by atoms with E-state index in [0.717, 1.165) is 0 Å². The van der Waals surface area contributed by atoms with Crippen molar-refractivity contribution in [2.24, 2.45) is 0 Å². The van der Waals surface area contributed by atoms with Crippen molar-refractivity contribution in [3.05, 3.63) is 29.5 Å². The molecule has 0 aromatic carbocycles. The molecule has 2 aromatic heterocycles. The van der Waals surface area contributed by atoms with Crippen LogP contribution in [0, 0.1) is 5.39 Å². The topological polar surface area (TPSA) is 77.0 Å². The summed E-state index contributed by atoms with van der Waals surface area (Å²) in [5.41, 5.74) is 0.629. The van der Waals surface area contributed by atoms with E-state index in [9.17, 15) is 5.11 Å². The molecule has 62 valence electrons. The molecular weight excluding hydrogens is 168 g/mol. The van der Waals surface area contributed by atoms with Crippen LogP contribution in [0.5, 0.6) is 5.75 Å². The third kappa shape index (κ3) is 1.05. The molecule has 0 aliphatic rings. The van der Waals surface area contributed by atoms with Gasteiger partial charge in [0.15, 0.2) is 4.98 Å². The molecule has 0 fully saturated rings. The summed E-state index contributed by atoms with van der Waals surface area (Å²) < 4.78 is 0. The van der Waals surface area contributed by atoms with Gasteiger partial charge in [-0.15, -0.1) is 0 Å². The Balaban J connectivity index is 2.89. The number of rotatable bonds is 0. The van der Waals surface area contributed by atoms with E-state index in [1.807, 2.05) is 0 Å². The molecule has 0 spiro atoms. The first-order valence-corrected chi connectivity index (χ1v) is 3.59. The highest BCUT2D eigenvalue weighted by molar-refractivity contribution is 5.85. The molecule has 0 saturated heterocycles. The van der Waals surface area contributed by atoms with E-state index in [4.69, 9.17) is 5.39 Å². The van der Waals surface area contributed by atoms with Crippen LogP contribution in [0.15, 0.2) is 24.5 Å². The quantitative estimate of drug-likeness (QED) is 0.559. The van der Waals surface area contributed by atoms with E-state index in [2.05, 4.69) is 14.9 Å². The van der Waals surface area contributed by atoms with Crippen LogP contribution in [0.3, 0.4) is 0 Å². The summed E-state index contributed by atoms with van der Waals surface area (Å²) in [5.74, 6) is -0.409. The lowest BCUT2D eigenvalue weighted by Gasteiger charge is -2.03. The number of aromatic nitrogens is 2. The van der Waals surface area contributed by atoms with Gasteiger partial charge in [0, 0.05) is 11.9 Å². The minimum atomic E-state index is -0.409. The highest BCUT2D eigenvalue weighted by Crippen LogP contribution is 2.28. The third-order valence-electron chi connectivity index (χ3n) is 1.67. The lowest BCUT2D eigenvalue weighted by atomic mass is 10.3. The van der Waals surface area contributed by atoms with Crippen LogP contribution in [0.4, 0.5) is 5.69 Å². The monoisotopic (exact) mass is 172 g/mol. The largest absolute Gasteiger partial charge is 0.865 e. The summed E-state index contributed by atoms with van der Waals surface area (Å²) >= 11 is 0. The molecule has 0 saturated carbocycles. The molecule has 0 aliphatic carbocycles. The second-order valence-electron chi connectivity index (χ2n) is 2.44. The normalized spacial score (nSPS) is 9.77. The Hall–Kier alpha value is -2.22. The Bertz CT molecular complexity index is 503. The van der Waals surface area contributed by atoms with Crippen molar-refractivity contribution in [3.8, 4) is 5.75 Å². The SMILES string of the molecule is N#[N+]c1cnc2cccnc2c1[O-]. The van der Waals surface area contributed by atoms with Gasteiger partial charge in [0.05, 0.1) is 11.0 Å². The summed E-state index contributed by atoms with van der Waals surface area (Å²) in [7, 11) is 0. The third-order valence-corrected chi connectivity index (χ3v) is 1.67. The van der Waals surface area contributed by atoms with E-state index in [1.54, 1.807) is 12.1 Å². The summed E-state index contributed by atoms with van der Waals surface area (Å²) in [5, 5.41) is 19.8. The molecule has 2 heterocycles. The fraction of sp³-hybridized carbons (Fsp3) is 0. The Kier molecular flexibility index (Phi) is 1.53. The zero-order valence-electron chi connectivity index (χ0n) is 6.51. The first-order chi connectivity index (χ1) is 6.33.